The van der Waals surface area contributed by atoms with Crippen molar-refractivity contribution < 1.29 is 13.7 Å². The largest absolute Gasteiger partial charge is 0.497 e. The summed E-state index contributed by atoms with van der Waals surface area (Å²) in [7, 11) is 0.0167. The minimum atomic E-state index is -1.61. The van der Waals surface area contributed by atoms with Gasteiger partial charge in [-0.2, -0.15) is 10.6 Å². The molecule has 1 heterocycles. The molecule has 0 spiro atoms. The second-order valence-electron chi connectivity index (χ2n) is 5.69. The molecule has 0 aliphatic rings. The Bertz CT molecular complexity index is 962. The summed E-state index contributed by atoms with van der Waals surface area (Å²) in [5, 5.41) is 0.915. The Balaban J connectivity index is 1.88. The van der Waals surface area contributed by atoms with Gasteiger partial charge in [0.2, 0.25) is 0 Å². The average Bonchev–Trinajstić information content (AvgIpc) is 2.61. The lowest BCUT2D eigenvalue weighted by atomic mass is 10.1. The third-order valence-corrected chi connectivity index (χ3v) is 4.53. The predicted molar refractivity (Wildman–Crippen MR) is 98.3 cm³/mol. The predicted octanol–water partition coefficient (Wildman–Crippen LogP) is 4.61. The number of fused-ring (bicyclic) bond motifs is 1. The fraction of sp³-hybridized carbons (Fsp3) is 0.211. The molecule has 0 aliphatic carbocycles. The molecule has 3 aromatic rings. The molecule has 0 amide bonds. The lowest BCUT2D eigenvalue weighted by molar-refractivity contribution is 0.229. The number of hydrogen-bond acceptors (Lipinski definition) is 6. The van der Waals surface area contributed by atoms with Crippen LogP contribution >= 0.6 is 0 Å². The standard InChI is InChI=1S/C19H19N2O3S/c1-13(15-5-3-4-14(10-15)12-25(20)22)24-19-8-9-21-18-11-16(23-2)6-7-17(18)19/h3-11,13,20H,12H2,1-2H3/q-1/t13-/m0/s1. The first-order valence-electron chi connectivity index (χ1n) is 7.84. The van der Waals surface area contributed by atoms with Crippen molar-refractivity contribution in [1.29, 1.82) is 4.78 Å². The van der Waals surface area contributed by atoms with Crippen molar-refractivity contribution in [2.45, 2.75) is 18.8 Å². The van der Waals surface area contributed by atoms with E-state index in [0.29, 0.717) is 0 Å². The molecule has 130 valence electrons. The zero-order valence-electron chi connectivity index (χ0n) is 14.1. The van der Waals surface area contributed by atoms with Crippen LogP contribution in [-0.2, 0) is 20.6 Å². The van der Waals surface area contributed by atoms with Crippen LogP contribution in [0.1, 0.15) is 24.2 Å². The second-order valence-corrected chi connectivity index (χ2v) is 6.67. The number of benzene rings is 2. The number of hydrogen-bond donors (Lipinski definition) is 1. The minimum Gasteiger partial charge on any atom is -0.497 e. The van der Waals surface area contributed by atoms with Gasteiger partial charge in [0.25, 0.3) is 0 Å². The number of rotatable bonds is 6. The van der Waals surface area contributed by atoms with E-state index in [4.69, 9.17) is 14.3 Å². The van der Waals surface area contributed by atoms with E-state index in [2.05, 4.69) is 4.98 Å². The highest BCUT2D eigenvalue weighted by Gasteiger charge is 2.11. The van der Waals surface area contributed by atoms with Crippen LogP contribution in [0.2, 0.25) is 0 Å². The molecule has 0 saturated carbocycles. The monoisotopic (exact) mass is 355 g/mol. The van der Waals surface area contributed by atoms with Gasteiger partial charge in [0, 0.05) is 17.6 Å². The quantitative estimate of drug-likeness (QED) is 0.655. The van der Waals surface area contributed by atoms with Gasteiger partial charge in [-0.25, -0.2) is 0 Å². The van der Waals surface area contributed by atoms with Gasteiger partial charge in [-0.15, -0.1) is 0 Å². The Kier molecular flexibility index (Phi) is 5.19. The number of ether oxygens (including phenoxy) is 2. The third-order valence-electron chi connectivity index (χ3n) is 3.93. The Morgan fingerprint density at radius 1 is 1.20 bits per heavy atom. The highest BCUT2D eigenvalue weighted by Crippen LogP contribution is 2.30. The number of methoxy groups -OCH3 is 1. The zero-order chi connectivity index (χ0) is 17.8. The molecule has 1 N–H and O–H groups in total. The van der Waals surface area contributed by atoms with E-state index in [1.807, 2.05) is 55.5 Å². The fourth-order valence-electron chi connectivity index (χ4n) is 2.68. The van der Waals surface area contributed by atoms with Gasteiger partial charge in [-0.05, 0) is 30.7 Å². The van der Waals surface area contributed by atoms with Gasteiger partial charge in [0.15, 0.2) is 0 Å². The van der Waals surface area contributed by atoms with Gasteiger partial charge in [0.1, 0.15) is 17.6 Å². The summed E-state index contributed by atoms with van der Waals surface area (Å²) in [5.41, 5.74) is 2.65. The fourth-order valence-corrected chi connectivity index (χ4v) is 3.16. The molecule has 0 unspecified atom stereocenters. The normalized spacial score (nSPS) is 12.3. The summed E-state index contributed by atoms with van der Waals surface area (Å²) in [6.07, 6.45) is 1.52. The van der Waals surface area contributed by atoms with E-state index in [-0.39, 0.29) is 11.9 Å². The molecule has 2 aromatic carbocycles. The van der Waals surface area contributed by atoms with E-state index in [1.165, 1.54) is 0 Å². The number of pyridine rings is 1. The second kappa shape index (κ2) is 7.53. The first-order chi connectivity index (χ1) is 12.1. The highest BCUT2D eigenvalue weighted by molar-refractivity contribution is 7.72. The summed E-state index contributed by atoms with van der Waals surface area (Å²) >= 11 is 0. The van der Waals surface area contributed by atoms with Crippen molar-refractivity contribution in [2.75, 3.05) is 7.11 Å². The molecule has 3 rings (SSSR count). The van der Waals surface area contributed by atoms with Gasteiger partial charge in [-0.3, -0.25) is 4.98 Å². The van der Waals surface area contributed by atoms with E-state index in [0.717, 1.165) is 33.5 Å². The molecular formula is C19H19N2O3S-. The van der Waals surface area contributed by atoms with Gasteiger partial charge in [0.05, 0.1) is 12.6 Å². The van der Waals surface area contributed by atoms with Crippen molar-refractivity contribution >= 4 is 21.5 Å². The molecule has 25 heavy (non-hydrogen) atoms. The molecule has 0 fully saturated rings. The Hall–Kier alpha value is -2.60. The summed E-state index contributed by atoms with van der Waals surface area (Å²) in [6.45, 7) is 1.96. The minimum absolute atomic E-state index is 0.188. The van der Waals surface area contributed by atoms with Crippen LogP contribution in [0.4, 0.5) is 0 Å². The molecular weight excluding hydrogens is 336 g/mol. The third kappa shape index (κ3) is 4.09. The molecule has 0 radical (unpaired) electrons. The Morgan fingerprint density at radius 2 is 2.04 bits per heavy atom. The van der Waals surface area contributed by atoms with Gasteiger partial charge >= 0.3 is 0 Å². The lowest BCUT2D eigenvalue weighted by Gasteiger charge is -2.17. The van der Waals surface area contributed by atoms with E-state index in [1.54, 1.807) is 13.3 Å². The van der Waals surface area contributed by atoms with E-state index < -0.39 is 10.6 Å². The SMILES string of the molecule is COc1ccc2c(O[C@@H](C)c3cccc(C[S-](=N)=O)c3)ccnc2c1. The van der Waals surface area contributed by atoms with Crippen molar-refractivity contribution in [1.82, 2.24) is 4.98 Å². The highest BCUT2D eigenvalue weighted by atomic mass is 32.2. The first kappa shape index (κ1) is 17.2. The van der Waals surface area contributed by atoms with Crippen LogP contribution < -0.4 is 9.47 Å². The van der Waals surface area contributed by atoms with Crippen molar-refractivity contribution in [3.63, 3.8) is 0 Å². The van der Waals surface area contributed by atoms with Gasteiger partial charge in [-0.1, -0.05) is 35.6 Å². The zero-order valence-corrected chi connectivity index (χ0v) is 14.9. The number of nitrogens with zero attached hydrogens (tertiary/aromatic N) is 1. The average molecular weight is 355 g/mol. The topological polar surface area (TPSA) is 72.3 Å². The molecule has 5 nitrogen and oxygen atoms in total. The molecule has 0 saturated heterocycles. The molecule has 0 bridgehead atoms. The molecule has 1 atom stereocenters. The van der Waals surface area contributed by atoms with Crippen LogP contribution in [0.15, 0.2) is 54.7 Å². The maximum Gasteiger partial charge on any atom is 0.131 e. The summed E-state index contributed by atoms with van der Waals surface area (Å²) < 4.78 is 29.7. The molecule has 6 heteroatoms. The van der Waals surface area contributed by atoms with Crippen LogP contribution in [0.5, 0.6) is 11.5 Å². The van der Waals surface area contributed by atoms with Crippen LogP contribution in [-0.4, -0.2) is 12.1 Å². The maximum atomic E-state index is 11.1. The van der Waals surface area contributed by atoms with Gasteiger partial charge < -0.3 is 18.5 Å². The van der Waals surface area contributed by atoms with Crippen molar-refractivity contribution in [3.8, 4) is 11.5 Å². The molecule has 1 aromatic heterocycles. The summed E-state index contributed by atoms with van der Waals surface area (Å²) in [5.74, 6) is 1.72. The van der Waals surface area contributed by atoms with Crippen molar-refractivity contribution in [2.24, 2.45) is 0 Å². The van der Waals surface area contributed by atoms with Crippen molar-refractivity contribution in [3.05, 3.63) is 65.9 Å². The number of nitrogens with one attached hydrogen (secondary N) is 1. The first-order valence-corrected chi connectivity index (χ1v) is 9.16. The van der Waals surface area contributed by atoms with E-state index >= 15 is 0 Å². The van der Waals surface area contributed by atoms with E-state index in [9.17, 15) is 4.21 Å². The maximum absolute atomic E-state index is 11.1. The summed E-state index contributed by atoms with van der Waals surface area (Å²) in [4.78, 5) is 4.36. The smallest absolute Gasteiger partial charge is 0.131 e. The number of aromatic nitrogens is 1. The van der Waals surface area contributed by atoms with Crippen LogP contribution in [0.3, 0.4) is 0 Å². The Morgan fingerprint density at radius 3 is 2.80 bits per heavy atom. The summed E-state index contributed by atoms with van der Waals surface area (Å²) in [6, 6.07) is 15.2. The Labute approximate surface area is 148 Å². The van der Waals surface area contributed by atoms with Crippen LogP contribution in [0.25, 0.3) is 10.9 Å². The lowest BCUT2D eigenvalue weighted by Crippen LogP contribution is -2.04. The molecule has 0 aliphatic heterocycles. The van der Waals surface area contributed by atoms with Crippen LogP contribution in [0, 0.1) is 4.78 Å².